The first-order valence-electron chi connectivity index (χ1n) is 7.46. The molecule has 0 aliphatic rings. The van der Waals surface area contributed by atoms with Crippen LogP contribution in [0, 0.1) is 11.6 Å². The van der Waals surface area contributed by atoms with Crippen LogP contribution in [0.2, 0.25) is 0 Å². The number of rotatable bonds is 6. The summed E-state index contributed by atoms with van der Waals surface area (Å²) in [6, 6.07) is 9.12. The molecule has 4 nitrogen and oxygen atoms in total. The summed E-state index contributed by atoms with van der Waals surface area (Å²) in [5.41, 5.74) is 0.994. The summed E-state index contributed by atoms with van der Waals surface area (Å²) in [4.78, 5) is 12.0. The largest absolute Gasteiger partial charge is 0.494 e. The van der Waals surface area contributed by atoms with Crippen molar-refractivity contribution in [3.63, 3.8) is 0 Å². The highest BCUT2D eigenvalue weighted by molar-refractivity contribution is 5.79. The molecule has 0 bridgehead atoms. The molecule has 24 heavy (non-hydrogen) atoms. The predicted molar refractivity (Wildman–Crippen MR) is 85.6 cm³/mol. The van der Waals surface area contributed by atoms with Gasteiger partial charge in [0.25, 0.3) is 0 Å². The monoisotopic (exact) mass is 335 g/mol. The van der Waals surface area contributed by atoms with E-state index in [0.717, 1.165) is 0 Å². The van der Waals surface area contributed by atoms with Gasteiger partial charge in [-0.2, -0.15) is 0 Å². The van der Waals surface area contributed by atoms with Crippen molar-refractivity contribution < 1.29 is 23.4 Å². The van der Waals surface area contributed by atoms with Crippen molar-refractivity contribution in [1.29, 1.82) is 0 Å². The summed E-state index contributed by atoms with van der Waals surface area (Å²) in [7, 11) is 1.36. The predicted octanol–water partition coefficient (Wildman–Crippen LogP) is 2.75. The van der Waals surface area contributed by atoms with Gasteiger partial charge in [-0.1, -0.05) is 18.2 Å². The second-order valence-corrected chi connectivity index (χ2v) is 5.50. The molecule has 0 aliphatic carbocycles. The van der Waals surface area contributed by atoms with Gasteiger partial charge in [0.15, 0.2) is 11.6 Å². The Kier molecular flexibility index (Phi) is 5.87. The lowest BCUT2D eigenvalue weighted by Gasteiger charge is -2.20. The van der Waals surface area contributed by atoms with E-state index in [2.05, 4.69) is 5.32 Å². The molecule has 0 unspecified atom stereocenters. The van der Waals surface area contributed by atoms with Crippen LogP contribution in [0.1, 0.15) is 24.2 Å². The summed E-state index contributed by atoms with van der Waals surface area (Å²) in [5, 5.41) is 12.8. The van der Waals surface area contributed by atoms with Crippen LogP contribution >= 0.6 is 0 Å². The van der Waals surface area contributed by atoms with Gasteiger partial charge in [-0.15, -0.1) is 0 Å². The Morgan fingerprint density at radius 2 is 1.88 bits per heavy atom. The van der Waals surface area contributed by atoms with Crippen LogP contribution in [-0.4, -0.2) is 24.2 Å². The van der Waals surface area contributed by atoms with Crippen LogP contribution in [0.25, 0.3) is 0 Å². The zero-order valence-corrected chi connectivity index (χ0v) is 13.4. The molecule has 0 radical (unpaired) electrons. The first-order chi connectivity index (χ1) is 11.4. The normalized spacial score (nSPS) is 13.2. The molecule has 0 saturated carbocycles. The zero-order valence-electron chi connectivity index (χ0n) is 13.4. The van der Waals surface area contributed by atoms with Gasteiger partial charge < -0.3 is 15.2 Å². The number of benzene rings is 2. The number of aliphatic hydroxyl groups is 1. The molecule has 2 rings (SSSR count). The highest BCUT2D eigenvalue weighted by atomic mass is 19.1. The summed E-state index contributed by atoms with van der Waals surface area (Å²) in [6.07, 6.45) is -0.997. The van der Waals surface area contributed by atoms with Gasteiger partial charge in [-0.3, -0.25) is 4.79 Å². The van der Waals surface area contributed by atoms with Crippen molar-refractivity contribution in [1.82, 2.24) is 5.32 Å². The van der Waals surface area contributed by atoms with Crippen molar-refractivity contribution in [2.45, 2.75) is 25.5 Å². The minimum absolute atomic E-state index is 0.0264. The third kappa shape index (κ3) is 4.52. The molecule has 0 saturated heterocycles. The van der Waals surface area contributed by atoms with E-state index in [4.69, 9.17) is 4.74 Å². The van der Waals surface area contributed by atoms with Gasteiger partial charge in [0, 0.05) is 0 Å². The van der Waals surface area contributed by atoms with Crippen LogP contribution < -0.4 is 10.1 Å². The van der Waals surface area contributed by atoms with Crippen molar-refractivity contribution in [2.75, 3.05) is 7.11 Å². The van der Waals surface area contributed by atoms with E-state index in [-0.39, 0.29) is 18.1 Å². The Hall–Kier alpha value is -2.47. The van der Waals surface area contributed by atoms with Gasteiger partial charge in [0.05, 0.1) is 25.7 Å². The lowest BCUT2D eigenvalue weighted by atomic mass is 10.0. The minimum atomic E-state index is -0.970. The number of ether oxygens (including phenoxy) is 1. The molecule has 2 atom stereocenters. The molecule has 6 heteroatoms. The van der Waals surface area contributed by atoms with Gasteiger partial charge in [0.1, 0.15) is 5.82 Å². The number of hydrogen-bond donors (Lipinski definition) is 2. The summed E-state index contributed by atoms with van der Waals surface area (Å²) in [5.74, 6) is -1.18. The molecule has 1 amide bonds. The molecule has 0 heterocycles. The first kappa shape index (κ1) is 17.9. The number of carbonyl (C=O) groups is 1. The molecule has 2 aromatic carbocycles. The fourth-order valence-corrected chi connectivity index (χ4v) is 2.34. The molecule has 0 aliphatic heterocycles. The van der Waals surface area contributed by atoms with Gasteiger partial charge in [-0.05, 0) is 42.3 Å². The van der Waals surface area contributed by atoms with E-state index in [1.807, 2.05) is 0 Å². The molecule has 0 aromatic heterocycles. The van der Waals surface area contributed by atoms with Crippen LogP contribution in [0.4, 0.5) is 8.78 Å². The lowest BCUT2D eigenvalue weighted by Crippen LogP contribution is -2.37. The average molecular weight is 335 g/mol. The molecule has 0 fully saturated rings. The van der Waals surface area contributed by atoms with E-state index >= 15 is 0 Å². The van der Waals surface area contributed by atoms with Crippen molar-refractivity contribution in [3.05, 3.63) is 65.2 Å². The summed E-state index contributed by atoms with van der Waals surface area (Å²) in [6.45, 7) is 1.64. The van der Waals surface area contributed by atoms with Crippen molar-refractivity contribution in [2.24, 2.45) is 0 Å². The Morgan fingerprint density at radius 1 is 1.21 bits per heavy atom. The van der Waals surface area contributed by atoms with Gasteiger partial charge in [0.2, 0.25) is 5.91 Å². The Morgan fingerprint density at radius 3 is 2.46 bits per heavy atom. The van der Waals surface area contributed by atoms with E-state index in [1.54, 1.807) is 13.0 Å². The maximum Gasteiger partial charge on any atom is 0.224 e. The smallest absolute Gasteiger partial charge is 0.224 e. The number of aliphatic hydroxyl groups excluding tert-OH is 1. The second kappa shape index (κ2) is 7.88. The van der Waals surface area contributed by atoms with Crippen LogP contribution in [0.5, 0.6) is 5.75 Å². The molecule has 2 N–H and O–H groups in total. The van der Waals surface area contributed by atoms with Crippen LogP contribution in [0.3, 0.4) is 0 Å². The number of hydrogen-bond acceptors (Lipinski definition) is 3. The highest BCUT2D eigenvalue weighted by Gasteiger charge is 2.19. The van der Waals surface area contributed by atoms with E-state index in [1.165, 1.54) is 43.5 Å². The Bertz CT molecular complexity index is 704. The minimum Gasteiger partial charge on any atom is -0.494 e. The lowest BCUT2D eigenvalue weighted by molar-refractivity contribution is -0.121. The van der Waals surface area contributed by atoms with Gasteiger partial charge in [-0.25, -0.2) is 8.78 Å². The Labute approximate surface area is 139 Å². The topological polar surface area (TPSA) is 58.6 Å². The number of methoxy groups -OCH3 is 1. The third-order valence-corrected chi connectivity index (χ3v) is 3.65. The van der Waals surface area contributed by atoms with Crippen LogP contribution in [0.15, 0.2) is 42.5 Å². The quantitative estimate of drug-likeness (QED) is 0.853. The SMILES string of the molecule is COc1ccc(CC(=O)N[C@@H](C)[C@@H](O)c2ccc(F)cc2)cc1F. The number of halogens is 2. The van der Waals surface area contributed by atoms with E-state index in [9.17, 15) is 18.7 Å². The molecule has 128 valence electrons. The highest BCUT2D eigenvalue weighted by Crippen LogP contribution is 2.19. The standard InChI is InChI=1S/C18H19F2NO3/c1-11(18(23)13-4-6-14(19)7-5-13)21-17(22)10-12-3-8-16(24-2)15(20)9-12/h3-9,11,18,23H,10H2,1-2H3,(H,21,22)/t11-,18+/m0/s1. The third-order valence-electron chi connectivity index (χ3n) is 3.65. The number of carbonyl (C=O) groups excluding carboxylic acids is 1. The maximum absolute atomic E-state index is 13.6. The first-order valence-corrected chi connectivity index (χ1v) is 7.46. The number of amides is 1. The van der Waals surface area contributed by atoms with Crippen molar-refractivity contribution >= 4 is 5.91 Å². The molecule has 0 spiro atoms. The summed E-state index contributed by atoms with van der Waals surface area (Å²) < 4.78 is 31.3. The van der Waals surface area contributed by atoms with Crippen LogP contribution in [-0.2, 0) is 11.2 Å². The molecule has 2 aromatic rings. The van der Waals surface area contributed by atoms with E-state index < -0.39 is 23.8 Å². The van der Waals surface area contributed by atoms with E-state index in [0.29, 0.717) is 11.1 Å². The average Bonchev–Trinajstić information content (AvgIpc) is 2.55. The van der Waals surface area contributed by atoms with Gasteiger partial charge >= 0.3 is 0 Å². The second-order valence-electron chi connectivity index (χ2n) is 5.50. The molecular weight excluding hydrogens is 316 g/mol. The van der Waals surface area contributed by atoms with Crippen molar-refractivity contribution in [3.8, 4) is 5.75 Å². The number of nitrogens with one attached hydrogen (secondary N) is 1. The summed E-state index contributed by atoms with van der Waals surface area (Å²) >= 11 is 0. The fraction of sp³-hybridized carbons (Fsp3) is 0.278. The maximum atomic E-state index is 13.6. The fourth-order valence-electron chi connectivity index (χ4n) is 2.34. The molecular formula is C18H19F2NO3. The zero-order chi connectivity index (χ0) is 17.7. The Balaban J connectivity index is 1.96.